The largest absolute Gasteiger partial charge is 0.493 e. The highest BCUT2D eigenvalue weighted by Gasteiger charge is 2.33. The molecule has 0 radical (unpaired) electrons. The molecule has 0 atom stereocenters. The van der Waals surface area contributed by atoms with Crippen molar-refractivity contribution >= 4 is 23.7 Å². The van der Waals surface area contributed by atoms with Crippen LogP contribution in [0.1, 0.15) is 27.9 Å². The zero-order chi connectivity index (χ0) is 27.2. The van der Waals surface area contributed by atoms with Gasteiger partial charge in [-0.25, -0.2) is 5.43 Å². The minimum absolute atomic E-state index is 0.240. The molecule has 0 fully saturated rings. The van der Waals surface area contributed by atoms with E-state index in [1.807, 2.05) is 32.9 Å². The van der Waals surface area contributed by atoms with Gasteiger partial charge in [0.05, 0.1) is 13.3 Å². The molecule has 3 aromatic rings. The number of nitrogens with zero attached hydrogens (tertiary/aromatic N) is 3. The highest BCUT2D eigenvalue weighted by Crippen LogP contribution is 2.28. The molecule has 0 spiro atoms. The quantitative estimate of drug-likeness (QED) is 0.330. The molecule has 0 aliphatic carbocycles. The van der Waals surface area contributed by atoms with E-state index in [9.17, 15) is 22.8 Å². The van der Waals surface area contributed by atoms with E-state index in [1.54, 1.807) is 18.2 Å². The lowest BCUT2D eigenvalue weighted by Crippen LogP contribution is -2.23. The molecular weight excluding hydrogens is 491 g/mol. The number of carbonyl (C=O) groups excluding carboxylic acids is 2. The van der Waals surface area contributed by atoms with Gasteiger partial charge in [-0.1, -0.05) is 17.7 Å². The number of ether oxygens (including phenoxy) is 2. The number of benzene rings is 2. The number of halogens is 3. The fraction of sp³-hybridized carbons (Fsp3) is 0.280. The van der Waals surface area contributed by atoms with Crippen LogP contribution in [0.2, 0.25) is 0 Å². The van der Waals surface area contributed by atoms with Gasteiger partial charge in [-0.05, 0) is 61.7 Å². The van der Waals surface area contributed by atoms with Gasteiger partial charge < -0.3 is 14.8 Å². The van der Waals surface area contributed by atoms with E-state index in [2.05, 4.69) is 20.9 Å². The number of aryl methyl sites for hydroxylation is 3. The maximum Gasteiger partial charge on any atom is 0.435 e. The lowest BCUT2D eigenvalue weighted by Gasteiger charge is -2.14. The number of anilines is 1. The van der Waals surface area contributed by atoms with E-state index in [4.69, 9.17) is 9.47 Å². The summed E-state index contributed by atoms with van der Waals surface area (Å²) in [4.78, 5) is 24.4. The number of hydrogen-bond acceptors (Lipinski definition) is 6. The predicted molar refractivity (Wildman–Crippen MR) is 131 cm³/mol. The lowest BCUT2D eigenvalue weighted by molar-refractivity contribution is -0.141. The van der Waals surface area contributed by atoms with E-state index in [0.717, 1.165) is 39.3 Å². The van der Waals surface area contributed by atoms with Gasteiger partial charge in [0.2, 0.25) is 0 Å². The van der Waals surface area contributed by atoms with Gasteiger partial charge in [0.15, 0.2) is 23.8 Å². The Hall–Kier alpha value is -4.35. The maximum absolute atomic E-state index is 12.6. The Morgan fingerprint density at radius 1 is 1.05 bits per heavy atom. The summed E-state index contributed by atoms with van der Waals surface area (Å²) in [6.45, 7) is 5.15. The first-order valence-corrected chi connectivity index (χ1v) is 11.1. The van der Waals surface area contributed by atoms with Crippen molar-refractivity contribution in [1.82, 2.24) is 15.2 Å². The Morgan fingerprint density at radius 3 is 2.38 bits per heavy atom. The van der Waals surface area contributed by atoms with Gasteiger partial charge in [0.25, 0.3) is 11.8 Å². The van der Waals surface area contributed by atoms with Crippen molar-refractivity contribution in [2.24, 2.45) is 5.10 Å². The first-order valence-electron chi connectivity index (χ1n) is 11.1. The third-order valence-corrected chi connectivity index (χ3v) is 5.13. The topological polar surface area (TPSA) is 107 Å². The average molecular weight is 518 g/mol. The molecule has 0 saturated heterocycles. The number of amides is 2. The predicted octanol–water partition coefficient (Wildman–Crippen LogP) is 4.00. The van der Waals surface area contributed by atoms with Crippen molar-refractivity contribution in [3.63, 3.8) is 0 Å². The zero-order valence-electron chi connectivity index (χ0n) is 20.6. The van der Waals surface area contributed by atoms with E-state index in [-0.39, 0.29) is 12.5 Å². The van der Waals surface area contributed by atoms with Crippen molar-refractivity contribution in [2.45, 2.75) is 33.5 Å². The molecule has 2 N–H and O–H groups in total. The van der Waals surface area contributed by atoms with E-state index < -0.39 is 24.3 Å². The summed E-state index contributed by atoms with van der Waals surface area (Å²) < 4.78 is 49.6. The number of aromatic nitrogens is 2. The summed E-state index contributed by atoms with van der Waals surface area (Å²) in [5.74, 6) is -0.326. The number of hydrazone groups is 1. The number of hydrogen-bond donors (Lipinski definition) is 2. The molecule has 0 aliphatic rings. The molecule has 2 amide bonds. The fourth-order valence-electron chi connectivity index (χ4n) is 3.54. The Bertz CT molecular complexity index is 1290. The Balaban J connectivity index is 1.54. The zero-order valence-corrected chi connectivity index (χ0v) is 20.6. The summed E-state index contributed by atoms with van der Waals surface area (Å²) >= 11 is 0. The molecule has 0 bridgehead atoms. The number of methoxy groups -OCH3 is 1. The van der Waals surface area contributed by atoms with Crippen LogP contribution >= 0.6 is 0 Å². The fourth-order valence-corrected chi connectivity index (χ4v) is 3.54. The monoisotopic (exact) mass is 517 g/mol. The number of carbonyl (C=O) groups is 2. The van der Waals surface area contributed by atoms with Crippen LogP contribution in [0, 0.1) is 20.8 Å². The third kappa shape index (κ3) is 7.56. The van der Waals surface area contributed by atoms with Crippen LogP contribution in [0.4, 0.5) is 18.9 Å². The summed E-state index contributed by atoms with van der Waals surface area (Å²) in [6.07, 6.45) is -2.21. The van der Waals surface area contributed by atoms with E-state index in [0.29, 0.717) is 17.1 Å². The minimum atomic E-state index is -4.59. The molecule has 1 heterocycles. The Morgan fingerprint density at radius 2 is 1.76 bits per heavy atom. The smallest absolute Gasteiger partial charge is 0.435 e. The molecular formula is C25H26F3N5O4. The molecule has 3 rings (SSSR count). The van der Waals surface area contributed by atoms with Gasteiger partial charge >= 0.3 is 6.18 Å². The van der Waals surface area contributed by atoms with Crippen LogP contribution in [-0.2, 0) is 22.3 Å². The highest BCUT2D eigenvalue weighted by molar-refractivity contribution is 5.93. The van der Waals surface area contributed by atoms with Crippen molar-refractivity contribution in [3.8, 4) is 11.5 Å². The minimum Gasteiger partial charge on any atom is -0.493 e. The first kappa shape index (κ1) is 27.2. The van der Waals surface area contributed by atoms with Crippen LogP contribution in [0.15, 0.2) is 47.7 Å². The Kier molecular flexibility index (Phi) is 8.53. The van der Waals surface area contributed by atoms with Crippen LogP contribution in [0.5, 0.6) is 11.5 Å². The van der Waals surface area contributed by atoms with Gasteiger partial charge in [-0.3, -0.25) is 14.3 Å². The average Bonchev–Trinajstić information content (AvgIpc) is 3.29. The van der Waals surface area contributed by atoms with E-state index >= 15 is 0 Å². The van der Waals surface area contributed by atoms with Crippen LogP contribution in [-0.4, -0.2) is 41.5 Å². The number of rotatable bonds is 9. The Labute approximate surface area is 211 Å². The summed E-state index contributed by atoms with van der Waals surface area (Å²) in [5, 5.41) is 9.96. The highest BCUT2D eigenvalue weighted by atomic mass is 19.4. The molecule has 12 heteroatoms. The van der Waals surface area contributed by atoms with Crippen LogP contribution < -0.4 is 20.2 Å². The molecule has 9 nitrogen and oxygen atoms in total. The molecule has 1 aromatic heterocycles. The second-order valence-electron chi connectivity index (χ2n) is 8.21. The maximum atomic E-state index is 12.6. The van der Waals surface area contributed by atoms with Gasteiger partial charge in [-0.2, -0.15) is 23.4 Å². The number of alkyl halides is 3. The summed E-state index contributed by atoms with van der Waals surface area (Å²) in [6, 6.07) is 9.54. The van der Waals surface area contributed by atoms with Crippen LogP contribution in [0.3, 0.4) is 0 Å². The number of nitrogens with one attached hydrogen (secondary N) is 2. The van der Waals surface area contributed by atoms with Crippen molar-refractivity contribution < 1.29 is 32.2 Å². The van der Waals surface area contributed by atoms with Crippen molar-refractivity contribution in [1.29, 1.82) is 0 Å². The second kappa shape index (κ2) is 11.6. The first-order chi connectivity index (χ1) is 17.5. The van der Waals surface area contributed by atoms with E-state index in [1.165, 1.54) is 13.3 Å². The van der Waals surface area contributed by atoms with Gasteiger partial charge in [0.1, 0.15) is 6.54 Å². The molecule has 0 unspecified atom stereocenters. The second-order valence-corrected chi connectivity index (χ2v) is 8.21. The molecule has 0 saturated carbocycles. The normalized spacial score (nSPS) is 11.4. The summed E-state index contributed by atoms with van der Waals surface area (Å²) in [5.41, 5.74) is 5.43. The van der Waals surface area contributed by atoms with Crippen molar-refractivity contribution in [3.05, 3.63) is 70.5 Å². The molecule has 2 aromatic carbocycles. The third-order valence-electron chi connectivity index (χ3n) is 5.13. The SMILES string of the molecule is COc1cc(C=NNC(=O)Cn2ccc(C(F)(F)F)n2)ccc1OCC(=O)Nc1c(C)cc(C)cc1C. The van der Waals surface area contributed by atoms with Crippen molar-refractivity contribution in [2.75, 3.05) is 19.0 Å². The standard InChI is InChI=1S/C25H26F3N5O4/c1-15-9-16(2)24(17(3)10-15)30-23(35)14-37-19-6-5-18(11-20(19)36-4)12-29-31-22(34)13-33-8-7-21(32-33)25(26,27)28/h5-12H,13-14H2,1-4H3,(H,30,35)(H,31,34). The molecule has 0 aliphatic heterocycles. The molecule has 37 heavy (non-hydrogen) atoms. The summed E-state index contributed by atoms with van der Waals surface area (Å²) in [7, 11) is 1.43. The van der Waals surface area contributed by atoms with Crippen LogP contribution in [0.25, 0.3) is 0 Å². The molecule has 196 valence electrons. The lowest BCUT2D eigenvalue weighted by atomic mass is 10.1. The van der Waals surface area contributed by atoms with Gasteiger partial charge in [-0.15, -0.1) is 0 Å². The van der Waals surface area contributed by atoms with Gasteiger partial charge in [0, 0.05) is 11.9 Å².